The van der Waals surface area contributed by atoms with Gasteiger partial charge in [0.15, 0.2) is 4.90 Å². The SMILES string of the molecule is Cc1cc(OC(F)F)cc([S+]2CCC(=O)CC2)c1. The Hall–Kier alpha value is -1.10. The molecule has 1 fully saturated rings. The van der Waals surface area contributed by atoms with Crippen molar-refractivity contribution in [3.63, 3.8) is 0 Å². The Balaban J connectivity index is 2.17. The summed E-state index contributed by atoms with van der Waals surface area (Å²) >= 11 is 0. The number of aryl methyl sites for hydroxylation is 1. The molecule has 0 radical (unpaired) electrons. The average Bonchev–Trinajstić information content (AvgIpc) is 2.28. The lowest BCUT2D eigenvalue weighted by Gasteiger charge is -2.14. The number of hydrogen-bond donors (Lipinski definition) is 0. The molecular weight excluding hydrogens is 258 g/mol. The van der Waals surface area contributed by atoms with Crippen molar-refractivity contribution in [2.45, 2.75) is 31.3 Å². The molecule has 1 saturated heterocycles. The van der Waals surface area contributed by atoms with E-state index in [9.17, 15) is 13.6 Å². The van der Waals surface area contributed by atoms with Gasteiger partial charge in [-0.2, -0.15) is 8.78 Å². The molecule has 0 N–H and O–H groups in total. The summed E-state index contributed by atoms with van der Waals surface area (Å²) in [6, 6.07) is 5.28. The number of alkyl halides is 2. The number of benzene rings is 1. The fraction of sp³-hybridized carbons (Fsp3) is 0.462. The van der Waals surface area contributed by atoms with Gasteiger partial charge in [-0.05, 0) is 24.6 Å². The zero-order valence-electron chi connectivity index (χ0n) is 10.1. The molecule has 98 valence electrons. The Morgan fingerprint density at radius 3 is 2.50 bits per heavy atom. The summed E-state index contributed by atoms with van der Waals surface area (Å²) in [7, 11) is -0.00985. The fourth-order valence-corrected chi connectivity index (χ4v) is 4.25. The van der Waals surface area contributed by atoms with Crippen LogP contribution in [0.4, 0.5) is 8.78 Å². The van der Waals surface area contributed by atoms with Gasteiger partial charge >= 0.3 is 6.61 Å². The van der Waals surface area contributed by atoms with Crippen LogP contribution >= 0.6 is 0 Å². The molecule has 0 saturated carbocycles. The molecule has 1 aliphatic rings. The zero-order chi connectivity index (χ0) is 13.1. The molecule has 0 aromatic heterocycles. The van der Waals surface area contributed by atoms with Crippen LogP contribution in [0, 0.1) is 6.92 Å². The highest BCUT2D eigenvalue weighted by molar-refractivity contribution is 7.97. The smallest absolute Gasteiger partial charge is 0.387 e. The van der Waals surface area contributed by atoms with E-state index < -0.39 is 6.61 Å². The lowest BCUT2D eigenvalue weighted by molar-refractivity contribution is -0.118. The number of ketones is 1. The topological polar surface area (TPSA) is 26.3 Å². The number of carbonyl (C=O) groups excluding carboxylic acids is 1. The fourth-order valence-electron chi connectivity index (χ4n) is 1.99. The van der Waals surface area contributed by atoms with Gasteiger partial charge in [0.2, 0.25) is 0 Å². The van der Waals surface area contributed by atoms with E-state index in [0.29, 0.717) is 18.6 Å². The second-order valence-electron chi connectivity index (χ2n) is 4.30. The van der Waals surface area contributed by atoms with E-state index in [2.05, 4.69) is 4.74 Å². The van der Waals surface area contributed by atoms with Crippen LogP contribution in [0.1, 0.15) is 18.4 Å². The van der Waals surface area contributed by atoms with Gasteiger partial charge < -0.3 is 4.74 Å². The highest BCUT2D eigenvalue weighted by Gasteiger charge is 2.29. The highest BCUT2D eigenvalue weighted by atomic mass is 32.2. The van der Waals surface area contributed by atoms with Crippen molar-refractivity contribution in [3.05, 3.63) is 23.8 Å². The van der Waals surface area contributed by atoms with Gasteiger partial charge in [-0.3, -0.25) is 4.79 Å². The second kappa shape index (κ2) is 5.69. The van der Waals surface area contributed by atoms with Crippen LogP contribution in [-0.2, 0) is 15.7 Å². The van der Waals surface area contributed by atoms with Crippen molar-refractivity contribution in [2.24, 2.45) is 0 Å². The summed E-state index contributed by atoms with van der Waals surface area (Å²) < 4.78 is 28.9. The predicted octanol–water partition coefficient (Wildman–Crippen LogP) is 2.94. The first-order valence-electron chi connectivity index (χ1n) is 5.80. The number of Topliss-reactive ketones (excluding diaryl/α,β-unsaturated/α-hetero) is 1. The molecule has 0 spiro atoms. The van der Waals surface area contributed by atoms with Gasteiger partial charge in [-0.1, -0.05) is 0 Å². The maximum Gasteiger partial charge on any atom is 0.387 e. The molecule has 2 nitrogen and oxygen atoms in total. The van der Waals surface area contributed by atoms with Crippen LogP contribution in [0.5, 0.6) is 5.75 Å². The molecule has 1 heterocycles. The third kappa shape index (κ3) is 3.45. The van der Waals surface area contributed by atoms with E-state index in [4.69, 9.17) is 0 Å². The normalized spacial score (nSPS) is 17.2. The Kier molecular flexibility index (Phi) is 4.22. The highest BCUT2D eigenvalue weighted by Crippen LogP contribution is 2.27. The van der Waals surface area contributed by atoms with Crippen molar-refractivity contribution in [1.82, 2.24) is 0 Å². The van der Waals surface area contributed by atoms with E-state index >= 15 is 0 Å². The summed E-state index contributed by atoms with van der Waals surface area (Å²) in [6.07, 6.45) is 1.20. The quantitative estimate of drug-likeness (QED) is 0.791. The van der Waals surface area contributed by atoms with Gasteiger partial charge in [0.05, 0.1) is 12.8 Å². The van der Waals surface area contributed by atoms with Crippen LogP contribution in [0.25, 0.3) is 0 Å². The number of halogens is 2. The summed E-state index contributed by atoms with van der Waals surface area (Å²) in [5, 5.41) is 0. The van der Waals surface area contributed by atoms with Crippen LogP contribution in [-0.4, -0.2) is 23.9 Å². The lowest BCUT2D eigenvalue weighted by Crippen LogP contribution is -2.23. The Morgan fingerprint density at radius 1 is 1.22 bits per heavy atom. The molecule has 1 aliphatic heterocycles. The first kappa shape index (κ1) is 13.3. The summed E-state index contributed by atoms with van der Waals surface area (Å²) in [5.41, 5.74) is 0.910. The minimum absolute atomic E-state index is 0.00985. The predicted molar refractivity (Wildman–Crippen MR) is 67.4 cm³/mol. The molecule has 0 atom stereocenters. The molecule has 18 heavy (non-hydrogen) atoms. The lowest BCUT2D eigenvalue weighted by atomic mass is 10.2. The molecule has 0 bridgehead atoms. The van der Waals surface area contributed by atoms with Crippen LogP contribution in [0.2, 0.25) is 0 Å². The molecule has 0 aliphatic carbocycles. The minimum Gasteiger partial charge on any atom is -0.435 e. The maximum absolute atomic E-state index is 12.2. The van der Waals surface area contributed by atoms with Crippen molar-refractivity contribution in [3.8, 4) is 5.75 Å². The molecule has 0 amide bonds. The van der Waals surface area contributed by atoms with Crippen molar-refractivity contribution in [1.29, 1.82) is 0 Å². The molecule has 1 aromatic carbocycles. The number of rotatable bonds is 3. The molecule has 5 heteroatoms. The summed E-state index contributed by atoms with van der Waals surface area (Å²) in [5.74, 6) is 2.17. The zero-order valence-corrected chi connectivity index (χ0v) is 10.9. The largest absolute Gasteiger partial charge is 0.435 e. The number of carbonyl (C=O) groups is 1. The van der Waals surface area contributed by atoms with Crippen molar-refractivity contribution >= 4 is 16.7 Å². The third-order valence-corrected chi connectivity index (χ3v) is 5.13. The second-order valence-corrected chi connectivity index (χ2v) is 6.57. The van der Waals surface area contributed by atoms with Gasteiger partial charge in [0, 0.05) is 17.0 Å². The monoisotopic (exact) mass is 273 g/mol. The summed E-state index contributed by atoms with van der Waals surface area (Å²) in [6.45, 7) is -0.934. The van der Waals surface area contributed by atoms with Gasteiger partial charge in [-0.25, -0.2) is 0 Å². The third-order valence-electron chi connectivity index (χ3n) is 2.84. The van der Waals surface area contributed by atoms with E-state index in [1.165, 1.54) is 0 Å². The molecule has 0 unspecified atom stereocenters. The molecule has 2 rings (SSSR count). The standard InChI is InChI=1S/C13H15F2O2S/c1-9-6-11(17-13(14)15)8-12(7-9)18-4-2-10(16)3-5-18/h6-8,13H,2-5H2,1H3/q+1. The van der Waals surface area contributed by atoms with Crippen molar-refractivity contribution < 1.29 is 18.3 Å². The Labute approximate surface area is 108 Å². The first-order chi connectivity index (χ1) is 8.54. The van der Waals surface area contributed by atoms with E-state index in [0.717, 1.165) is 22.0 Å². The van der Waals surface area contributed by atoms with Crippen LogP contribution in [0.15, 0.2) is 23.1 Å². The number of ether oxygens (including phenoxy) is 1. The summed E-state index contributed by atoms with van der Waals surface area (Å²) in [4.78, 5) is 12.2. The minimum atomic E-state index is -2.80. The van der Waals surface area contributed by atoms with Crippen molar-refractivity contribution in [2.75, 3.05) is 11.5 Å². The molecular formula is C13H15F2O2S+. The maximum atomic E-state index is 12.2. The number of hydrogen-bond acceptors (Lipinski definition) is 2. The van der Waals surface area contributed by atoms with Gasteiger partial charge in [0.25, 0.3) is 0 Å². The average molecular weight is 273 g/mol. The van der Waals surface area contributed by atoms with E-state index in [1.54, 1.807) is 12.1 Å². The first-order valence-corrected chi connectivity index (χ1v) is 7.36. The van der Waals surface area contributed by atoms with Crippen LogP contribution in [0.3, 0.4) is 0 Å². The van der Waals surface area contributed by atoms with Crippen LogP contribution < -0.4 is 4.74 Å². The Bertz CT molecular complexity index is 439. The van der Waals surface area contributed by atoms with E-state index in [1.807, 2.05) is 13.0 Å². The van der Waals surface area contributed by atoms with Gasteiger partial charge in [-0.15, -0.1) is 0 Å². The van der Waals surface area contributed by atoms with Gasteiger partial charge in [0.1, 0.15) is 23.0 Å². The molecule has 1 aromatic rings. The Morgan fingerprint density at radius 2 is 1.89 bits per heavy atom. The van der Waals surface area contributed by atoms with E-state index in [-0.39, 0.29) is 16.6 Å².